The highest BCUT2D eigenvalue weighted by atomic mass is 35.5. The van der Waals surface area contributed by atoms with Crippen molar-refractivity contribution in [3.8, 4) is 0 Å². The maximum Gasteiger partial charge on any atom is 0.243 e. The molecule has 2 N–H and O–H groups in total. The molecule has 0 aromatic heterocycles. The van der Waals surface area contributed by atoms with Crippen LogP contribution in [0, 0.1) is 11.6 Å². The molecule has 0 heterocycles. The maximum atomic E-state index is 13.4. The van der Waals surface area contributed by atoms with E-state index in [-0.39, 0.29) is 13.0 Å². The number of amides is 2. The van der Waals surface area contributed by atoms with Gasteiger partial charge in [-0.25, -0.2) is 8.78 Å². The molecule has 120 valence electrons. The fourth-order valence-corrected chi connectivity index (χ4v) is 1.96. The molecule has 0 bridgehead atoms. The zero-order chi connectivity index (χ0) is 16.8. The van der Waals surface area contributed by atoms with Gasteiger partial charge in [-0.2, -0.15) is 0 Å². The molecule has 0 aliphatic heterocycles. The Hall–Kier alpha value is -2.47. The van der Waals surface area contributed by atoms with Crippen molar-refractivity contribution in [2.75, 3.05) is 11.9 Å². The second-order valence-electron chi connectivity index (χ2n) is 4.72. The van der Waals surface area contributed by atoms with E-state index < -0.39 is 29.1 Å². The van der Waals surface area contributed by atoms with Gasteiger partial charge in [-0.15, -0.1) is 0 Å². The maximum absolute atomic E-state index is 13.4. The Morgan fingerprint density at radius 2 is 1.57 bits per heavy atom. The van der Waals surface area contributed by atoms with E-state index in [1.165, 1.54) is 6.07 Å². The molecule has 2 aromatic rings. The van der Waals surface area contributed by atoms with Gasteiger partial charge in [0.2, 0.25) is 11.8 Å². The Kier molecular flexibility index (Phi) is 5.65. The lowest BCUT2D eigenvalue weighted by Gasteiger charge is -2.08. The van der Waals surface area contributed by atoms with Gasteiger partial charge in [0.05, 0.1) is 13.0 Å². The minimum Gasteiger partial charge on any atom is -0.347 e. The van der Waals surface area contributed by atoms with Gasteiger partial charge in [-0.05, 0) is 29.8 Å². The Labute approximate surface area is 136 Å². The van der Waals surface area contributed by atoms with Gasteiger partial charge in [-0.3, -0.25) is 9.59 Å². The van der Waals surface area contributed by atoms with Crippen LogP contribution >= 0.6 is 11.6 Å². The Bertz CT molecular complexity index is 700. The SMILES string of the molecule is O=C(Cc1ccc(Cl)cc1)NCC(=O)Nc1c(F)cccc1F. The third-order valence-corrected chi connectivity index (χ3v) is 3.20. The number of rotatable bonds is 5. The van der Waals surface area contributed by atoms with Crippen molar-refractivity contribution in [2.24, 2.45) is 0 Å². The number of hydrogen-bond donors (Lipinski definition) is 2. The van der Waals surface area contributed by atoms with E-state index in [1.807, 2.05) is 0 Å². The van der Waals surface area contributed by atoms with Crippen molar-refractivity contribution in [2.45, 2.75) is 6.42 Å². The van der Waals surface area contributed by atoms with E-state index in [0.717, 1.165) is 17.7 Å². The first-order valence-electron chi connectivity index (χ1n) is 6.70. The molecule has 7 heteroatoms. The van der Waals surface area contributed by atoms with Gasteiger partial charge in [0.25, 0.3) is 0 Å². The van der Waals surface area contributed by atoms with Gasteiger partial charge in [0.15, 0.2) is 0 Å². The molecule has 4 nitrogen and oxygen atoms in total. The summed E-state index contributed by atoms with van der Waals surface area (Å²) in [4.78, 5) is 23.4. The summed E-state index contributed by atoms with van der Waals surface area (Å²) in [6.07, 6.45) is 0.0680. The summed E-state index contributed by atoms with van der Waals surface area (Å²) in [7, 11) is 0. The van der Waals surface area contributed by atoms with Crippen LogP contribution in [0.1, 0.15) is 5.56 Å². The fourth-order valence-electron chi connectivity index (χ4n) is 1.83. The largest absolute Gasteiger partial charge is 0.347 e. The first-order chi connectivity index (χ1) is 11.0. The highest BCUT2D eigenvalue weighted by molar-refractivity contribution is 6.30. The number of para-hydroxylation sites is 1. The van der Waals surface area contributed by atoms with Crippen LogP contribution in [-0.4, -0.2) is 18.4 Å². The summed E-state index contributed by atoms with van der Waals surface area (Å²) >= 11 is 5.74. The van der Waals surface area contributed by atoms with E-state index in [2.05, 4.69) is 10.6 Å². The standard InChI is InChI=1S/C16H13ClF2N2O2/c17-11-6-4-10(5-7-11)8-14(22)20-9-15(23)21-16-12(18)2-1-3-13(16)19/h1-7H,8-9H2,(H,20,22)(H,21,23). The van der Waals surface area contributed by atoms with Crippen LogP contribution in [0.3, 0.4) is 0 Å². The average Bonchev–Trinajstić information content (AvgIpc) is 2.51. The second-order valence-corrected chi connectivity index (χ2v) is 5.16. The number of halogens is 3. The molecule has 0 fully saturated rings. The molecule has 0 saturated carbocycles. The lowest BCUT2D eigenvalue weighted by Crippen LogP contribution is -2.34. The number of hydrogen-bond acceptors (Lipinski definition) is 2. The van der Waals surface area contributed by atoms with Crippen LogP contribution in [0.15, 0.2) is 42.5 Å². The lowest BCUT2D eigenvalue weighted by atomic mass is 10.1. The molecule has 0 radical (unpaired) electrons. The number of carbonyl (C=O) groups excluding carboxylic acids is 2. The van der Waals surface area contributed by atoms with Crippen molar-refractivity contribution in [3.05, 3.63) is 64.7 Å². The molecule has 0 spiro atoms. The molecular formula is C16H13ClF2N2O2. The van der Waals surface area contributed by atoms with Crippen molar-refractivity contribution in [3.63, 3.8) is 0 Å². The van der Waals surface area contributed by atoms with Crippen LogP contribution in [0.5, 0.6) is 0 Å². The molecule has 0 atom stereocenters. The van der Waals surface area contributed by atoms with Gasteiger partial charge in [-0.1, -0.05) is 29.8 Å². The van der Waals surface area contributed by atoms with E-state index in [4.69, 9.17) is 11.6 Å². The smallest absolute Gasteiger partial charge is 0.243 e. The number of benzene rings is 2. The van der Waals surface area contributed by atoms with Crippen molar-refractivity contribution in [1.82, 2.24) is 5.32 Å². The molecule has 2 amide bonds. The number of nitrogens with one attached hydrogen (secondary N) is 2. The molecule has 0 saturated heterocycles. The summed E-state index contributed by atoms with van der Waals surface area (Å²) in [5, 5.41) is 5.02. The average molecular weight is 339 g/mol. The van der Waals surface area contributed by atoms with Crippen LogP contribution < -0.4 is 10.6 Å². The third-order valence-electron chi connectivity index (χ3n) is 2.95. The van der Waals surface area contributed by atoms with Crippen LogP contribution in [0.25, 0.3) is 0 Å². The van der Waals surface area contributed by atoms with Crippen molar-refractivity contribution in [1.29, 1.82) is 0 Å². The summed E-state index contributed by atoms with van der Waals surface area (Å²) in [6, 6.07) is 9.92. The molecule has 23 heavy (non-hydrogen) atoms. The highest BCUT2D eigenvalue weighted by Crippen LogP contribution is 2.17. The Balaban J connectivity index is 1.84. The first kappa shape index (κ1) is 16.9. The predicted molar refractivity (Wildman–Crippen MR) is 83.2 cm³/mol. The zero-order valence-corrected chi connectivity index (χ0v) is 12.7. The predicted octanol–water partition coefficient (Wildman–Crippen LogP) is 2.92. The normalized spacial score (nSPS) is 10.2. The highest BCUT2D eigenvalue weighted by Gasteiger charge is 2.12. The summed E-state index contributed by atoms with van der Waals surface area (Å²) in [5.74, 6) is -2.88. The zero-order valence-electron chi connectivity index (χ0n) is 11.9. The Morgan fingerprint density at radius 3 is 2.17 bits per heavy atom. The van der Waals surface area contributed by atoms with Gasteiger partial charge >= 0.3 is 0 Å². The Morgan fingerprint density at radius 1 is 0.957 bits per heavy atom. The summed E-state index contributed by atoms with van der Waals surface area (Å²) in [5.41, 5.74) is 0.192. The van der Waals surface area contributed by atoms with E-state index >= 15 is 0 Å². The summed E-state index contributed by atoms with van der Waals surface area (Å²) < 4.78 is 26.8. The fraction of sp³-hybridized carbons (Fsp3) is 0.125. The molecule has 2 rings (SSSR count). The first-order valence-corrected chi connectivity index (χ1v) is 7.08. The summed E-state index contributed by atoms with van der Waals surface area (Å²) in [6.45, 7) is -0.389. The monoisotopic (exact) mass is 338 g/mol. The van der Waals surface area contributed by atoms with Crippen LogP contribution in [0.4, 0.5) is 14.5 Å². The molecule has 0 unspecified atom stereocenters. The molecular weight excluding hydrogens is 326 g/mol. The van der Waals surface area contributed by atoms with E-state index in [1.54, 1.807) is 24.3 Å². The molecule has 0 aliphatic rings. The lowest BCUT2D eigenvalue weighted by molar-refractivity contribution is -0.123. The second kappa shape index (κ2) is 7.69. The number of carbonyl (C=O) groups is 2. The quantitative estimate of drug-likeness (QED) is 0.880. The van der Waals surface area contributed by atoms with Gasteiger partial charge < -0.3 is 10.6 Å². The van der Waals surface area contributed by atoms with Gasteiger partial charge in [0.1, 0.15) is 17.3 Å². The molecule has 2 aromatic carbocycles. The van der Waals surface area contributed by atoms with E-state index in [9.17, 15) is 18.4 Å². The van der Waals surface area contributed by atoms with Crippen molar-refractivity contribution >= 4 is 29.1 Å². The third kappa shape index (κ3) is 5.03. The minimum absolute atomic E-state index is 0.0680. The van der Waals surface area contributed by atoms with Gasteiger partial charge in [0, 0.05) is 5.02 Å². The molecule has 0 aliphatic carbocycles. The van der Waals surface area contributed by atoms with E-state index in [0.29, 0.717) is 5.02 Å². The van der Waals surface area contributed by atoms with Crippen molar-refractivity contribution < 1.29 is 18.4 Å². The number of anilines is 1. The van der Waals surface area contributed by atoms with Crippen LogP contribution in [0.2, 0.25) is 5.02 Å². The van der Waals surface area contributed by atoms with Crippen LogP contribution in [-0.2, 0) is 16.0 Å². The minimum atomic E-state index is -0.883. The topological polar surface area (TPSA) is 58.2 Å².